The lowest BCUT2D eigenvalue weighted by Gasteiger charge is -2.24. The molecule has 2 aromatic heterocycles. The van der Waals surface area contributed by atoms with Crippen LogP contribution >= 0.6 is 0 Å². The van der Waals surface area contributed by atoms with E-state index < -0.39 is 5.60 Å². The van der Waals surface area contributed by atoms with E-state index in [9.17, 15) is 9.59 Å². The Balaban J connectivity index is 1.55. The van der Waals surface area contributed by atoms with Gasteiger partial charge in [-0.1, -0.05) is 12.1 Å². The van der Waals surface area contributed by atoms with Crippen LogP contribution in [0.4, 0.5) is 4.79 Å². The van der Waals surface area contributed by atoms with Crippen molar-refractivity contribution in [1.82, 2.24) is 20.1 Å². The molecule has 0 radical (unpaired) electrons. The van der Waals surface area contributed by atoms with Gasteiger partial charge in [0.25, 0.3) is 0 Å². The maximum atomic E-state index is 12.2. The number of nitrogens with zero attached hydrogens (tertiary/aromatic N) is 4. The Morgan fingerprint density at radius 1 is 1.07 bits per heavy atom. The second-order valence-electron chi connectivity index (χ2n) is 7.71. The van der Waals surface area contributed by atoms with E-state index in [4.69, 9.17) is 4.74 Å². The molecule has 0 unspecified atom stereocenters. The van der Waals surface area contributed by atoms with Crippen LogP contribution < -0.4 is 0 Å². The van der Waals surface area contributed by atoms with Gasteiger partial charge >= 0.3 is 6.09 Å². The largest absolute Gasteiger partial charge is 0.444 e. The smallest absolute Gasteiger partial charge is 0.410 e. The highest BCUT2D eigenvalue weighted by Crippen LogP contribution is 2.21. The summed E-state index contributed by atoms with van der Waals surface area (Å²) in [6.45, 7) is 6.44. The predicted octanol–water partition coefficient (Wildman–Crippen LogP) is 2.86. The van der Waals surface area contributed by atoms with E-state index in [0.29, 0.717) is 24.5 Å². The molecular weight excluding hydrogens is 356 g/mol. The van der Waals surface area contributed by atoms with E-state index >= 15 is 0 Å². The molecule has 2 aromatic rings. The van der Waals surface area contributed by atoms with E-state index in [-0.39, 0.29) is 24.7 Å². The van der Waals surface area contributed by atoms with E-state index in [2.05, 4.69) is 15.2 Å². The molecule has 0 atom stereocenters. The fourth-order valence-electron chi connectivity index (χ4n) is 2.80. The van der Waals surface area contributed by atoms with Gasteiger partial charge in [0.1, 0.15) is 11.4 Å². The van der Waals surface area contributed by atoms with Gasteiger partial charge in [-0.2, -0.15) is 10.2 Å². The number of rotatable bonds is 5. The van der Waals surface area contributed by atoms with Gasteiger partial charge in [-0.3, -0.25) is 9.78 Å². The third-order valence-corrected chi connectivity index (χ3v) is 4.10. The molecule has 28 heavy (non-hydrogen) atoms. The Morgan fingerprint density at radius 3 is 2.50 bits per heavy atom. The Labute approximate surface area is 164 Å². The summed E-state index contributed by atoms with van der Waals surface area (Å²) >= 11 is 0. The van der Waals surface area contributed by atoms with Gasteiger partial charge in [0.2, 0.25) is 0 Å². The highest BCUT2D eigenvalue weighted by Gasteiger charge is 2.26. The zero-order valence-corrected chi connectivity index (χ0v) is 16.4. The minimum Gasteiger partial charge on any atom is -0.444 e. The molecule has 1 amide bonds. The van der Waals surface area contributed by atoms with Crippen LogP contribution in [0.15, 0.2) is 42.6 Å². The topological polar surface area (TPSA) is 85.3 Å². The molecule has 3 heterocycles. The molecular formula is C21H24N4O3. The van der Waals surface area contributed by atoms with Crippen molar-refractivity contribution in [1.29, 1.82) is 0 Å². The lowest BCUT2D eigenvalue weighted by atomic mass is 10.1. The molecule has 0 fully saturated rings. The van der Waals surface area contributed by atoms with Crippen LogP contribution in [0.2, 0.25) is 0 Å². The van der Waals surface area contributed by atoms with Gasteiger partial charge in [-0.25, -0.2) is 4.79 Å². The van der Waals surface area contributed by atoms with Gasteiger partial charge in [-0.05, 0) is 50.6 Å². The van der Waals surface area contributed by atoms with Crippen molar-refractivity contribution >= 4 is 17.4 Å². The molecule has 146 valence electrons. The lowest BCUT2D eigenvalue weighted by molar-refractivity contribution is -0.117. The van der Waals surface area contributed by atoms with Crippen molar-refractivity contribution in [3.05, 3.63) is 59.7 Å². The molecule has 7 nitrogen and oxygen atoms in total. The van der Waals surface area contributed by atoms with Crippen LogP contribution in [-0.4, -0.2) is 50.6 Å². The summed E-state index contributed by atoms with van der Waals surface area (Å²) in [5.41, 5.74) is 2.46. The minimum atomic E-state index is -0.525. The van der Waals surface area contributed by atoms with Crippen molar-refractivity contribution in [2.24, 2.45) is 0 Å². The fourth-order valence-corrected chi connectivity index (χ4v) is 2.80. The summed E-state index contributed by atoms with van der Waals surface area (Å²) in [5.74, 6) is 0.0388. The van der Waals surface area contributed by atoms with E-state index in [1.807, 2.05) is 51.1 Å². The van der Waals surface area contributed by atoms with Crippen LogP contribution in [0.25, 0.3) is 5.57 Å². The Hall–Kier alpha value is -3.09. The molecule has 0 saturated carbocycles. The molecule has 1 aliphatic rings. The monoisotopic (exact) mass is 380 g/mol. The number of carbonyl (C=O) groups excluding carboxylic acids is 2. The first-order chi connectivity index (χ1) is 13.3. The van der Waals surface area contributed by atoms with Gasteiger partial charge in [0.05, 0.1) is 24.4 Å². The second kappa shape index (κ2) is 8.29. The SMILES string of the molecule is CC(C)(C)OC(=O)N1CC=C(c2ccc(CC(=O)Cc3ccccn3)nn2)C1. The molecule has 1 aliphatic heterocycles. The van der Waals surface area contributed by atoms with Gasteiger partial charge < -0.3 is 9.64 Å². The molecule has 0 aromatic carbocycles. The highest BCUT2D eigenvalue weighted by molar-refractivity contribution is 5.82. The minimum absolute atomic E-state index is 0.0388. The van der Waals surface area contributed by atoms with Gasteiger partial charge in [0, 0.05) is 24.9 Å². The normalized spacial score (nSPS) is 14.0. The first-order valence-corrected chi connectivity index (χ1v) is 9.22. The summed E-state index contributed by atoms with van der Waals surface area (Å²) in [4.78, 5) is 30.1. The van der Waals surface area contributed by atoms with Crippen molar-refractivity contribution in [2.45, 2.75) is 39.2 Å². The molecule has 0 spiro atoms. The number of ketones is 1. The summed E-state index contributed by atoms with van der Waals surface area (Å²) in [7, 11) is 0. The Morgan fingerprint density at radius 2 is 1.86 bits per heavy atom. The molecule has 0 saturated heterocycles. The van der Waals surface area contributed by atoms with E-state index in [1.54, 1.807) is 17.2 Å². The molecule has 3 rings (SSSR count). The van der Waals surface area contributed by atoms with E-state index in [1.165, 1.54) is 0 Å². The summed E-state index contributed by atoms with van der Waals surface area (Å²) in [5, 5.41) is 8.39. The van der Waals surface area contributed by atoms with Crippen LogP contribution in [0.1, 0.15) is 37.9 Å². The summed E-state index contributed by atoms with van der Waals surface area (Å²) in [6.07, 6.45) is 3.77. The second-order valence-corrected chi connectivity index (χ2v) is 7.71. The molecule has 0 bridgehead atoms. The average Bonchev–Trinajstić information content (AvgIpc) is 3.12. The number of ether oxygens (including phenoxy) is 1. The summed E-state index contributed by atoms with van der Waals surface area (Å²) < 4.78 is 5.39. The number of carbonyl (C=O) groups is 2. The first-order valence-electron chi connectivity index (χ1n) is 9.22. The zero-order valence-electron chi connectivity index (χ0n) is 16.4. The predicted molar refractivity (Wildman–Crippen MR) is 104 cm³/mol. The van der Waals surface area contributed by atoms with Crippen molar-refractivity contribution in [2.75, 3.05) is 13.1 Å². The average molecular weight is 380 g/mol. The molecule has 0 N–H and O–H groups in total. The highest BCUT2D eigenvalue weighted by atomic mass is 16.6. The van der Waals surface area contributed by atoms with Crippen molar-refractivity contribution in [3.63, 3.8) is 0 Å². The van der Waals surface area contributed by atoms with E-state index in [0.717, 1.165) is 11.3 Å². The maximum absolute atomic E-state index is 12.2. The number of hydrogen-bond acceptors (Lipinski definition) is 6. The first kappa shape index (κ1) is 19.7. The lowest BCUT2D eigenvalue weighted by Crippen LogP contribution is -2.35. The van der Waals surface area contributed by atoms with Crippen molar-refractivity contribution in [3.8, 4) is 0 Å². The van der Waals surface area contributed by atoms with Crippen LogP contribution in [0.3, 0.4) is 0 Å². The Bertz CT molecular complexity index is 871. The third-order valence-electron chi connectivity index (χ3n) is 4.10. The third kappa shape index (κ3) is 5.45. The number of hydrogen-bond donors (Lipinski definition) is 0. The quantitative estimate of drug-likeness (QED) is 0.793. The molecule has 7 heteroatoms. The van der Waals surface area contributed by atoms with Crippen molar-refractivity contribution < 1.29 is 14.3 Å². The van der Waals surface area contributed by atoms with Crippen LogP contribution in [0.5, 0.6) is 0 Å². The van der Waals surface area contributed by atoms with Crippen LogP contribution in [-0.2, 0) is 22.4 Å². The number of aromatic nitrogens is 3. The van der Waals surface area contributed by atoms with Gasteiger partial charge in [0.15, 0.2) is 0 Å². The zero-order chi connectivity index (χ0) is 20.1. The Kier molecular flexibility index (Phi) is 5.82. The maximum Gasteiger partial charge on any atom is 0.410 e. The molecule has 0 aliphatic carbocycles. The number of Topliss-reactive ketones (excluding diaryl/α,β-unsaturated/α-hetero) is 1. The standard InChI is InChI=1S/C21H24N4O3/c1-21(2,3)28-20(27)25-11-9-15(14-25)19-8-7-17(23-24-19)13-18(26)12-16-6-4-5-10-22-16/h4-10H,11-14H2,1-3H3. The fraction of sp³-hybridized carbons (Fsp3) is 0.381. The number of pyridine rings is 1. The van der Waals surface area contributed by atoms with Crippen LogP contribution in [0, 0.1) is 0 Å². The number of amides is 1. The van der Waals surface area contributed by atoms with Gasteiger partial charge in [-0.15, -0.1) is 0 Å². The summed E-state index contributed by atoms with van der Waals surface area (Å²) in [6, 6.07) is 9.14.